The van der Waals surface area contributed by atoms with Gasteiger partial charge in [0.15, 0.2) is 0 Å². The molecule has 0 aromatic carbocycles. The second-order valence-electron chi connectivity index (χ2n) is 5.12. The molecule has 0 saturated carbocycles. The van der Waals surface area contributed by atoms with Crippen LogP contribution < -0.4 is 5.32 Å². The zero-order valence-corrected chi connectivity index (χ0v) is 13.3. The average molecular weight is 291 g/mol. The lowest BCUT2D eigenvalue weighted by molar-refractivity contribution is 0.440. The molecule has 2 heterocycles. The van der Waals surface area contributed by atoms with Gasteiger partial charge in [-0.25, -0.2) is 4.98 Å². The Labute approximate surface area is 126 Å². The summed E-state index contributed by atoms with van der Waals surface area (Å²) in [7, 11) is 0. The third kappa shape index (κ3) is 4.18. The highest BCUT2D eigenvalue weighted by molar-refractivity contribution is 7.13. The van der Waals surface area contributed by atoms with Gasteiger partial charge in [-0.1, -0.05) is 19.9 Å². The fraction of sp³-hybridized carbons (Fsp3) is 0.562. The molecule has 110 valence electrons. The van der Waals surface area contributed by atoms with E-state index in [1.54, 1.807) is 11.3 Å². The summed E-state index contributed by atoms with van der Waals surface area (Å²) in [5.74, 6) is 1.11. The van der Waals surface area contributed by atoms with Crippen molar-refractivity contribution in [3.05, 3.63) is 29.9 Å². The van der Waals surface area contributed by atoms with E-state index in [1.165, 1.54) is 30.6 Å². The smallest absolute Gasteiger partial charge is 0.149 e. The molecule has 0 bridgehead atoms. The maximum absolute atomic E-state index is 4.48. The molecule has 0 aliphatic carbocycles. The normalized spacial score (nSPS) is 12.7. The first-order chi connectivity index (χ1) is 9.85. The fourth-order valence-electron chi connectivity index (χ4n) is 2.43. The van der Waals surface area contributed by atoms with Crippen molar-refractivity contribution in [2.45, 2.75) is 52.1 Å². The number of rotatable bonds is 9. The molecule has 0 aliphatic rings. The van der Waals surface area contributed by atoms with Crippen LogP contribution in [0.15, 0.2) is 29.9 Å². The first-order valence-corrected chi connectivity index (χ1v) is 8.51. The lowest BCUT2D eigenvalue weighted by atomic mass is 10.1. The molecule has 0 amide bonds. The van der Waals surface area contributed by atoms with Crippen LogP contribution in [0.3, 0.4) is 0 Å². The van der Waals surface area contributed by atoms with E-state index in [-0.39, 0.29) is 0 Å². The molecule has 0 saturated heterocycles. The summed E-state index contributed by atoms with van der Waals surface area (Å²) in [5.41, 5.74) is 0. The Hall–Kier alpha value is -1.13. The molecule has 1 unspecified atom stereocenters. The van der Waals surface area contributed by atoms with Crippen LogP contribution in [0.25, 0.3) is 10.7 Å². The van der Waals surface area contributed by atoms with Crippen molar-refractivity contribution in [1.82, 2.24) is 14.9 Å². The van der Waals surface area contributed by atoms with Gasteiger partial charge in [0.25, 0.3) is 0 Å². The first kappa shape index (κ1) is 15.3. The molecule has 4 heteroatoms. The number of hydrogen-bond acceptors (Lipinski definition) is 3. The van der Waals surface area contributed by atoms with Gasteiger partial charge in [0.1, 0.15) is 5.82 Å². The number of imidazole rings is 1. The van der Waals surface area contributed by atoms with E-state index < -0.39 is 0 Å². The molecular weight excluding hydrogens is 266 g/mol. The number of thiophene rings is 1. The molecule has 2 aromatic rings. The van der Waals surface area contributed by atoms with Gasteiger partial charge in [0, 0.05) is 25.0 Å². The number of aromatic nitrogens is 2. The van der Waals surface area contributed by atoms with Gasteiger partial charge in [-0.3, -0.25) is 0 Å². The van der Waals surface area contributed by atoms with E-state index in [0.29, 0.717) is 6.04 Å². The van der Waals surface area contributed by atoms with Crippen LogP contribution >= 0.6 is 11.3 Å². The predicted octanol–water partition coefficient (Wildman–Crippen LogP) is 4.17. The van der Waals surface area contributed by atoms with E-state index >= 15 is 0 Å². The number of aryl methyl sites for hydroxylation is 1. The topological polar surface area (TPSA) is 29.9 Å². The minimum Gasteiger partial charge on any atom is -0.330 e. The van der Waals surface area contributed by atoms with Gasteiger partial charge in [-0.2, -0.15) is 0 Å². The van der Waals surface area contributed by atoms with E-state index in [0.717, 1.165) is 18.9 Å². The molecule has 0 aliphatic heterocycles. The summed E-state index contributed by atoms with van der Waals surface area (Å²) in [6.07, 6.45) is 8.85. The van der Waals surface area contributed by atoms with Crippen LogP contribution in [0.4, 0.5) is 0 Å². The monoisotopic (exact) mass is 291 g/mol. The largest absolute Gasteiger partial charge is 0.330 e. The van der Waals surface area contributed by atoms with Crippen LogP contribution in [0.2, 0.25) is 0 Å². The number of hydrogen-bond donors (Lipinski definition) is 1. The maximum Gasteiger partial charge on any atom is 0.149 e. The Bertz CT molecular complexity index is 476. The molecule has 20 heavy (non-hydrogen) atoms. The Morgan fingerprint density at radius 1 is 1.40 bits per heavy atom. The van der Waals surface area contributed by atoms with Crippen molar-refractivity contribution in [2.75, 3.05) is 6.54 Å². The van der Waals surface area contributed by atoms with Gasteiger partial charge in [0.05, 0.1) is 4.88 Å². The summed E-state index contributed by atoms with van der Waals surface area (Å²) in [6, 6.07) is 4.88. The van der Waals surface area contributed by atoms with Crippen LogP contribution in [-0.2, 0) is 6.54 Å². The van der Waals surface area contributed by atoms with Crippen molar-refractivity contribution >= 4 is 11.3 Å². The fourth-order valence-corrected chi connectivity index (χ4v) is 3.16. The molecule has 1 atom stereocenters. The third-order valence-electron chi connectivity index (χ3n) is 3.58. The van der Waals surface area contributed by atoms with Crippen molar-refractivity contribution in [2.24, 2.45) is 0 Å². The van der Waals surface area contributed by atoms with Crippen LogP contribution in [0.5, 0.6) is 0 Å². The highest BCUT2D eigenvalue weighted by Crippen LogP contribution is 2.23. The van der Waals surface area contributed by atoms with E-state index in [1.807, 2.05) is 6.20 Å². The average Bonchev–Trinajstić information content (AvgIpc) is 3.12. The zero-order chi connectivity index (χ0) is 14.2. The second-order valence-corrected chi connectivity index (χ2v) is 6.07. The molecular formula is C16H25N3S. The summed E-state index contributed by atoms with van der Waals surface area (Å²) < 4.78 is 2.28. The Morgan fingerprint density at radius 2 is 2.30 bits per heavy atom. The van der Waals surface area contributed by atoms with Gasteiger partial charge < -0.3 is 9.88 Å². The van der Waals surface area contributed by atoms with E-state index in [4.69, 9.17) is 0 Å². The lowest BCUT2D eigenvalue weighted by Crippen LogP contribution is -2.29. The molecule has 0 spiro atoms. The summed E-state index contributed by atoms with van der Waals surface area (Å²) in [6.45, 7) is 6.67. The molecule has 2 rings (SSSR count). The van der Waals surface area contributed by atoms with Gasteiger partial charge >= 0.3 is 0 Å². The van der Waals surface area contributed by atoms with Gasteiger partial charge in [-0.05, 0) is 43.7 Å². The highest BCUT2D eigenvalue weighted by Gasteiger charge is 2.08. The Balaban J connectivity index is 1.84. The quantitative estimate of drug-likeness (QED) is 0.751. The first-order valence-electron chi connectivity index (χ1n) is 7.63. The molecule has 1 N–H and O–H groups in total. The Kier molecular flexibility index (Phi) is 6.27. The predicted molar refractivity (Wildman–Crippen MR) is 87.1 cm³/mol. The van der Waals surface area contributed by atoms with Crippen LogP contribution in [-0.4, -0.2) is 22.1 Å². The highest BCUT2D eigenvalue weighted by atomic mass is 32.1. The minimum absolute atomic E-state index is 0.656. The van der Waals surface area contributed by atoms with E-state index in [9.17, 15) is 0 Å². The van der Waals surface area contributed by atoms with E-state index in [2.05, 4.69) is 52.4 Å². The summed E-state index contributed by atoms with van der Waals surface area (Å²) in [4.78, 5) is 5.74. The SMILES string of the molecule is CCCNC(CC)CCCn1ccnc1-c1cccs1. The standard InChI is InChI=1S/C16H25N3S/c1-3-9-17-14(4-2)7-5-11-19-12-10-18-16(19)15-8-6-13-20-15/h6,8,10,12-14,17H,3-5,7,9,11H2,1-2H3. The summed E-state index contributed by atoms with van der Waals surface area (Å²) in [5, 5.41) is 5.73. The Morgan fingerprint density at radius 3 is 3.00 bits per heavy atom. The van der Waals surface area contributed by atoms with Crippen molar-refractivity contribution in [1.29, 1.82) is 0 Å². The maximum atomic E-state index is 4.48. The van der Waals surface area contributed by atoms with Gasteiger partial charge in [0.2, 0.25) is 0 Å². The lowest BCUT2D eigenvalue weighted by Gasteiger charge is -2.16. The van der Waals surface area contributed by atoms with Crippen LogP contribution in [0, 0.1) is 0 Å². The third-order valence-corrected chi connectivity index (χ3v) is 4.45. The number of nitrogens with zero attached hydrogens (tertiary/aromatic N) is 2. The minimum atomic E-state index is 0.656. The van der Waals surface area contributed by atoms with Crippen molar-refractivity contribution in [3.8, 4) is 10.7 Å². The van der Waals surface area contributed by atoms with Gasteiger partial charge in [-0.15, -0.1) is 11.3 Å². The van der Waals surface area contributed by atoms with Crippen LogP contribution in [0.1, 0.15) is 39.5 Å². The van der Waals surface area contributed by atoms with Crippen molar-refractivity contribution < 1.29 is 0 Å². The summed E-state index contributed by atoms with van der Waals surface area (Å²) >= 11 is 1.75. The number of nitrogens with one attached hydrogen (secondary N) is 1. The van der Waals surface area contributed by atoms with Crippen molar-refractivity contribution in [3.63, 3.8) is 0 Å². The molecule has 3 nitrogen and oxygen atoms in total. The zero-order valence-electron chi connectivity index (χ0n) is 12.5. The molecule has 2 aromatic heterocycles. The second kappa shape index (κ2) is 8.22. The molecule has 0 radical (unpaired) electrons. The molecule has 0 fully saturated rings.